The van der Waals surface area contributed by atoms with Crippen LogP contribution in [-0.4, -0.2) is 4.98 Å². The van der Waals surface area contributed by atoms with Gasteiger partial charge < -0.3 is 0 Å². The first-order valence-electron chi connectivity index (χ1n) is 3.87. The van der Waals surface area contributed by atoms with Crippen molar-refractivity contribution >= 4 is 0 Å². The second-order valence-corrected chi connectivity index (χ2v) is 2.24. The summed E-state index contributed by atoms with van der Waals surface area (Å²) in [5.74, 6) is 0. The third-order valence-corrected chi connectivity index (χ3v) is 1.25. The molecule has 0 fully saturated rings. The van der Waals surface area contributed by atoms with Gasteiger partial charge in [0, 0.05) is 29.3 Å². The lowest BCUT2D eigenvalue weighted by Gasteiger charge is -1.70. The molecule has 0 aliphatic carbocycles. The van der Waals surface area contributed by atoms with Gasteiger partial charge in [-0.1, -0.05) is 12.1 Å². The van der Waals surface area contributed by atoms with Crippen molar-refractivity contribution in [3.05, 3.63) is 61.2 Å². The van der Waals surface area contributed by atoms with Gasteiger partial charge in [0.2, 0.25) is 12.4 Å². The Bertz CT molecular complexity index is 283. The standard InChI is InChI=1S/C5H5FN.C5H5N/c6-7-4-2-1-3-5-7;1-2-4-6-5-3-1/h1-5H;1-5H/q+1;. The van der Waals surface area contributed by atoms with E-state index in [9.17, 15) is 4.48 Å². The lowest BCUT2D eigenvalue weighted by molar-refractivity contribution is -0.843. The summed E-state index contributed by atoms with van der Waals surface area (Å²) < 4.78 is 11.8. The Morgan fingerprint density at radius 2 is 1.31 bits per heavy atom. The van der Waals surface area contributed by atoms with E-state index in [2.05, 4.69) is 4.98 Å². The molecule has 0 spiro atoms. The Kier molecular flexibility index (Phi) is 4.18. The zero-order chi connectivity index (χ0) is 9.36. The Morgan fingerprint density at radius 1 is 0.769 bits per heavy atom. The van der Waals surface area contributed by atoms with Crippen molar-refractivity contribution in [2.75, 3.05) is 0 Å². The third-order valence-electron chi connectivity index (χ3n) is 1.25. The second kappa shape index (κ2) is 5.83. The molecule has 2 aromatic rings. The molecule has 0 saturated carbocycles. The van der Waals surface area contributed by atoms with Crippen LogP contribution in [0.4, 0.5) is 4.48 Å². The number of halogens is 1. The molecule has 0 aromatic carbocycles. The van der Waals surface area contributed by atoms with Crippen LogP contribution in [0.1, 0.15) is 0 Å². The van der Waals surface area contributed by atoms with Gasteiger partial charge in [-0.05, 0) is 12.1 Å². The largest absolute Gasteiger partial charge is 0.265 e. The molecule has 0 bridgehead atoms. The molecule has 0 radical (unpaired) electrons. The van der Waals surface area contributed by atoms with Gasteiger partial charge in [0.15, 0.2) is 0 Å². The Hall–Kier alpha value is -1.77. The predicted molar refractivity (Wildman–Crippen MR) is 47.4 cm³/mol. The van der Waals surface area contributed by atoms with Gasteiger partial charge in [0.1, 0.15) is 0 Å². The van der Waals surface area contributed by atoms with Crippen LogP contribution in [0.2, 0.25) is 0 Å². The minimum atomic E-state index is 0.500. The second-order valence-electron chi connectivity index (χ2n) is 2.24. The minimum absolute atomic E-state index is 0.500. The summed E-state index contributed by atoms with van der Waals surface area (Å²) in [7, 11) is 0. The fourth-order valence-electron chi connectivity index (χ4n) is 0.690. The van der Waals surface area contributed by atoms with Crippen molar-refractivity contribution in [3.8, 4) is 0 Å². The maximum absolute atomic E-state index is 11.8. The van der Waals surface area contributed by atoms with Crippen LogP contribution in [0, 0.1) is 0 Å². The van der Waals surface area contributed by atoms with Crippen molar-refractivity contribution in [2.24, 2.45) is 0 Å². The van der Waals surface area contributed by atoms with Gasteiger partial charge in [0.25, 0.3) is 0 Å². The van der Waals surface area contributed by atoms with Crippen molar-refractivity contribution in [1.29, 1.82) is 0 Å². The fraction of sp³-hybridized carbons (Fsp3) is 0. The molecule has 0 unspecified atom stereocenters. The fourth-order valence-corrected chi connectivity index (χ4v) is 0.690. The summed E-state index contributed by atoms with van der Waals surface area (Å²) in [5, 5.41) is 0. The summed E-state index contributed by atoms with van der Waals surface area (Å²) in [6, 6.07) is 10.7. The van der Waals surface area contributed by atoms with Crippen molar-refractivity contribution < 1.29 is 9.27 Å². The van der Waals surface area contributed by atoms with Crippen LogP contribution in [0.3, 0.4) is 0 Å². The quantitative estimate of drug-likeness (QED) is 0.599. The zero-order valence-corrected chi connectivity index (χ0v) is 7.05. The van der Waals surface area contributed by atoms with Gasteiger partial charge in [0.05, 0.1) is 4.48 Å². The van der Waals surface area contributed by atoms with Gasteiger partial charge >= 0.3 is 0 Å². The zero-order valence-electron chi connectivity index (χ0n) is 7.05. The van der Waals surface area contributed by atoms with E-state index >= 15 is 0 Å². The minimum Gasteiger partial charge on any atom is -0.265 e. The van der Waals surface area contributed by atoms with Crippen molar-refractivity contribution in [1.82, 2.24) is 4.98 Å². The topological polar surface area (TPSA) is 16.8 Å². The maximum atomic E-state index is 11.8. The number of hydrogen-bond donors (Lipinski definition) is 0. The smallest absolute Gasteiger partial charge is 0.218 e. The monoisotopic (exact) mass is 177 g/mol. The summed E-state index contributed by atoms with van der Waals surface area (Å²) in [6.45, 7) is 0. The molecule has 0 saturated heterocycles. The molecular weight excluding hydrogens is 167 g/mol. The van der Waals surface area contributed by atoms with E-state index in [4.69, 9.17) is 0 Å². The molecule has 2 heterocycles. The van der Waals surface area contributed by atoms with E-state index in [1.54, 1.807) is 30.6 Å². The van der Waals surface area contributed by atoms with Crippen LogP contribution in [-0.2, 0) is 0 Å². The average Bonchev–Trinajstić information content (AvgIpc) is 2.22. The molecule has 0 atom stereocenters. The molecule has 0 amide bonds. The average molecular weight is 177 g/mol. The summed E-state index contributed by atoms with van der Waals surface area (Å²) in [5.41, 5.74) is 0. The molecular formula is C10H10FN2+. The molecule has 2 nitrogen and oxygen atoms in total. The van der Waals surface area contributed by atoms with Crippen LogP contribution in [0.25, 0.3) is 0 Å². The SMILES string of the molecule is F[n+]1ccccc1.c1ccncc1. The Labute approximate surface area is 76.2 Å². The summed E-state index contributed by atoms with van der Waals surface area (Å²) in [6.07, 6.45) is 6.17. The van der Waals surface area contributed by atoms with E-state index in [0.29, 0.717) is 4.79 Å². The van der Waals surface area contributed by atoms with E-state index in [-0.39, 0.29) is 0 Å². The molecule has 3 heteroatoms. The van der Waals surface area contributed by atoms with Crippen LogP contribution < -0.4 is 4.79 Å². The Balaban J connectivity index is 0.000000132. The molecule has 0 N–H and O–H groups in total. The maximum Gasteiger partial charge on any atom is 0.218 e. The first kappa shape index (κ1) is 9.32. The van der Waals surface area contributed by atoms with Crippen LogP contribution in [0.5, 0.6) is 0 Å². The number of aromatic nitrogens is 2. The number of pyridine rings is 2. The molecule has 66 valence electrons. The van der Waals surface area contributed by atoms with Crippen LogP contribution in [0.15, 0.2) is 61.2 Å². The first-order valence-corrected chi connectivity index (χ1v) is 3.87. The van der Waals surface area contributed by atoms with Gasteiger partial charge in [-0.15, -0.1) is 0 Å². The highest BCUT2D eigenvalue weighted by molar-refractivity contribution is 4.88. The first-order chi connectivity index (χ1) is 6.39. The molecule has 13 heavy (non-hydrogen) atoms. The summed E-state index contributed by atoms with van der Waals surface area (Å²) in [4.78, 5) is 4.28. The number of hydrogen-bond acceptors (Lipinski definition) is 1. The van der Waals surface area contributed by atoms with E-state index in [0.717, 1.165) is 0 Å². The third kappa shape index (κ3) is 4.63. The highest BCUT2D eigenvalue weighted by Gasteiger charge is 1.86. The van der Waals surface area contributed by atoms with E-state index in [1.807, 2.05) is 18.2 Å². The van der Waals surface area contributed by atoms with E-state index in [1.165, 1.54) is 12.4 Å². The molecule has 0 aliphatic rings. The van der Waals surface area contributed by atoms with Crippen molar-refractivity contribution in [3.63, 3.8) is 0 Å². The highest BCUT2D eigenvalue weighted by atomic mass is 19.2. The van der Waals surface area contributed by atoms with Gasteiger partial charge in [-0.2, -0.15) is 0 Å². The molecule has 2 rings (SSSR count). The lowest BCUT2D eigenvalue weighted by atomic mass is 10.5. The summed E-state index contributed by atoms with van der Waals surface area (Å²) >= 11 is 0. The highest BCUT2D eigenvalue weighted by Crippen LogP contribution is 1.74. The number of nitrogens with zero attached hydrogens (tertiary/aromatic N) is 2. The number of rotatable bonds is 0. The van der Waals surface area contributed by atoms with Crippen molar-refractivity contribution in [2.45, 2.75) is 0 Å². The Morgan fingerprint density at radius 3 is 1.54 bits per heavy atom. The van der Waals surface area contributed by atoms with Gasteiger partial charge in [-0.3, -0.25) is 4.98 Å². The normalized spacial score (nSPS) is 8.38. The van der Waals surface area contributed by atoms with E-state index < -0.39 is 0 Å². The van der Waals surface area contributed by atoms with Gasteiger partial charge in [-0.25, -0.2) is 0 Å². The predicted octanol–water partition coefficient (Wildman–Crippen LogP) is 1.79. The molecule has 2 aromatic heterocycles. The lowest BCUT2D eigenvalue weighted by Crippen LogP contribution is -2.18. The molecule has 0 aliphatic heterocycles. The van der Waals surface area contributed by atoms with Crippen LogP contribution >= 0.6 is 0 Å².